The van der Waals surface area contributed by atoms with Crippen LogP contribution >= 0.6 is 0 Å². The van der Waals surface area contributed by atoms with Crippen molar-refractivity contribution in [1.29, 1.82) is 0 Å². The summed E-state index contributed by atoms with van der Waals surface area (Å²) in [5.74, 6) is -2.07. The Hall–Kier alpha value is -3.14. The Labute approximate surface area is 127 Å². The molecule has 0 fully saturated rings. The molecule has 0 radical (unpaired) electrons. The van der Waals surface area contributed by atoms with Gasteiger partial charge in [0.15, 0.2) is 0 Å². The molecule has 0 spiro atoms. The van der Waals surface area contributed by atoms with Crippen molar-refractivity contribution in [3.63, 3.8) is 0 Å². The molecule has 0 aliphatic heterocycles. The molecular weight excluding hydrogens is 280 g/mol. The number of carbonyl (C=O) groups is 2. The number of benzene rings is 2. The van der Waals surface area contributed by atoms with Crippen LogP contribution in [0.1, 0.15) is 11.1 Å². The fourth-order valence-corrected chi connectivity index (χ4v) is 2.03. The topological polar surface area (TPSA) is 74.6 Å². The second kappa shape index (κ2) is 7.04. The van der Waals surface area contributed by atoms with Crippen molar-refractivity contribution in [2.24, 2.45) is 0 Å². The fraction of sp³-hybridized carbons (Fsp3) is 0. The summed E-state index contributed by atoms with van der Waals surface area (Å²) in [4.78, 5) is 21.3. The standard InChI is InChI=1S/C18H14O4/c19-17(20)10-7-13-6-9-16(14-4-2-1-3-5-14)15(12-13)8-11-18(21)22/h1-12H,(H,19,20)(H,21,22). The molecule has 0 aliphatic rings. The zero-order chi connectivity index (χ0) is 15.9. The molecular formula is C18H14O4. The predicted molar refractivity (Wildman–Crippen MR) is 85.2 cm³/mol. The zero-order valence-electron chi connectivity index (χ0n) is 11.6. The van der Waals surface area contributed by atoms with Gasteiger partial charge in [-0.25, -0.2) is 9.59 Å². The highest BCUT2D eigenvalue weighted by Crippen LogP contribution is 2.26. The van der Waals surface area contributed by atoms with Crippen LogP contribution in [0.15, 0.2) is 60.7 Å². The number of hydrogen-bond donors (Lipinski definition) is 2. The maximum atomic E-state index is 10.7. The first-order valence-electron chi connectivity index (χ1n) is 6.58. The van der Waals surface area contributed by atoms with E-state index < -0.39 is 11.9 Å². The van der Waals surface area contributed by atoms with Gasteiger partial charge in [-0.2, -0.15) is 0 Å². The summed E-state index contributed by atoms with van der Waals surface area (Å²) in [6.07, 6.45) is 5.08. The maximum Gasteiger partial charge on any atom is 0.328 e. The largest absolute Gasteiger partial charge is 0.478 e. The van der Waals surface area contributed by atoms with Gasteiger partial charge in [0.1, 0.15) is 0 Å². The third-order valence-electron chi connectivity index (χ3n) is 2.98. The van der Waals surface area contributed by atoms with Gasteiger partial charge in [0, 0.05) is 12.2 Å². The van der Waals surface area contributed by atoms with Gasteiger partial charge in [-0.3, -0.25) is 0 Å². The van der Waals surface area contributed by atoms with Gasteiger partial charge in [0.25, 0.3) is 0 Å². The Morgan fingerprint density at radius 2 is 1.45 bits per heavy atom. The Kier molecular flexibility index (Phi) is 4.88. The molecule has 2 aromatic carbocycles. The predicted octanol–water partition coefficient (Wildman–Crippen LogP) is 3.55. The Morgan fingerprint density at radius 1 is 0.818 bits per heavy atom. The average molecular weight is 294 g/mol. The molecule has 0 aliphatic carbocycles. The molecule has 0 aromatic heterocycles. The van der Waals surface area contributed by atoms with Crippen LogP contribution in [-0.2, 0) is 9.59 Å². The van der Waals surface area contributed by atoms with Gasteiger partial charge in [-0.05, 0) is 40.5 Å². The van der Waals surface area contributed by atoms with Crippen molar-refractivity contribution < 1.29 is 19.8 Å². The smallest absolute Gasteiger partial charge is 0.328 e. The van der Waals surface area contributed by atoms with Crippen LogP contribution in [-0.4, -0.2) is 22.2 Å². The van der Waals surface area contributed by atoms with Crippen molar-refractivity contribution in [2.75, 3.05) is 0 Å². The lowest BCUT2D eigenvalue weighted by molar-refractivity contribution is -0.132. The lowest BCUT2D eigenvalue weighted by Crippen LogP contribution is -1.90. The van der Waals surface area contributed by atoms with E-state index in [2.05, 4.69) is 0 Å². The van der Waals surface area contributed by atoms with Crippen molar-refractivity contribution >= 4 is 24.1 Å². The third kappa shape index (κ3) is 4.18. The molecule has 110 valence electrons. The van der Waals surface area contributed by atoms with E-state index in [1.165, 1.54) is 12.2 Å². The molecule has 0 amide bonds. The Bertz CT molecular complexity index is 743. The molecule has 4 nitrogen and oxygen atoms in total. The van der Waals surface area contributed by atoms with Crippen LogP contribution in [0.2, 0.25) is 0 Å². The van der Waals surface area contributed by atoms with Gasteiger partial charge in [0.2, 0.25) is 0 Å². The van der Waals surface area contributed by atoms with E-state index in [0.717, 1.165) is 23.3 Å². The fourth-order valence-electron chi connectivity index (χ4n) is 2.03. The van der Waals surface area contributed by atoms with E-state index >= 15 is 0 Å². The minimum Gasteiger partial charge on any atom is -0.478 e. The van der Waals surface area contributed by atoms with Crippen molar-refractivity contribution in [2.45, 2.75) is 0 Å². The van der Waals surface area contributed by atoms with E-state index in [4.69, 9.17) is 10.2 Å². The van der Waals surface area contributed by atoms with Gasteiger partial charge >= 0.3 is 11.9 Å². The lowest BCUT2D eigenvalue weighted by atomic mass is 9.97. The summed E-state index contributed by atoms with van der Waals surface area (Å²) in [5.41, 5.74) is 3.24. The number of carboxylic acids is 2. The zero-order valence-corrected chi connectivity index (χ0v) is 11.6. The highest BCUT2D eigenvalue weighted by atomic mass is 16.4. The molecule has 0 saturated carbocycles. The maximum absolute atomic E-state index is 10.7. The molecule has 2 N–H and O–H groups in total. The number of rotatable bonds is 5. The van der Waals surface area contributed by atoms with Crippen LogP contribution in [0.3, 0.4) is 0 Å². The molecule has 0 saturated heterocycles. The first-order chi connectivity index (χ1) is 10.6. The van der Waals surface area contributed by atoms with Crippen LogP contribution < -0.4 is 0 Å². The lowest BCUT2D eigenvalue weighted by Gasteiger charge is -2.08. The van der Waals surface area contributed by atoms with Gasteiger partial charge < -0.3 is 10.2 Å². The van der Waals surface area contributed by atoms with Gasteiger partial charge in [0.05, 0.1) is 0 Å². The second-order valence-corrected chi connectivity index (χ2v) is 4.56. The molecule has 0 heterocycles. The van der Waals surface area contributed by atoms with Crippen LogP contribution in [0, 0.1) is 0 Å². The van der Waals surface area contributed by atoms with Crippen LogP contribution in [0.4, 0.5) is 0 Å². The highest BCUT2D eigenvalue weighted by molar-refractivity contribution is 5.89. The first kappa shape index (κ1) is 15.3. The normalized spacial score (nSPS) is 11.1. The SMILES string of the molecule is O=C(O)C=Cc1ccc(-c2ccccc2)c(C=CC(=O)O)c1. The molecule has 4 heteroatoms. The summed E-state index contributed by atoms with van der Waals surface area (Å²) < 4.78 is 0. The van der Waals surface area contributed by atoms with Crippen LogP contribution in [0.25, 0.3) is 23.3 Å². The van der Waals surface area contributed by atoms with E-state index in [9.17, 15) is 9.59 Å². The number of hydrogen-bond acceptors (Lipinski definition) is 2. The monoisotopic (exact) mass is 294 g/mol. The molecule has 2 aromatic rings. The minimum atomic E-state index is -1.04. The van der Waals surface area contributed by atoms with E-state index in [1.54, 1.807) is 12.1 Å². The minimum absolute atomic E-state index is 0.687. The van der Waals surface area contributed by atoms with Gasteiger partial charge in [-0.15, -0.1) is 0 Å². The summed E-state index contributed by atoms with van der Waals surface area (Å²) in [5, 5.41) is 17.5. The first-order valence-corrected chi connectivity index (χ1v) is 6.58. The van der Waals surface area contributed by atoms with E-state index in [-0.39, 0.29) is 0 Å². The number of carboxylic acid groups (broad SMARTS) is 2. The van der Waals surface area contributed by atoms with Crippen LogP contribution in [0.5, 0.6) is 0 Å². The summed E-state index contributed by atoms with van der Waals surface area (Å²) in [6, 6.07) is 15.0. The van der Waals surface area contributed by atoms with Crippen molar-refractivity contribution in [3.8, 4) is 11.1 Å². The quantitative estimate of drug-likeness (QED) is 0.827. The van der Waals surface area contributed by atoms with Crippen molar-refractivity contribution in [1.82, 2.24) is 0 Å². The molecule has 0 unspecified atom stereocenters. The molecule has 2 rings (SSSR count). The molecule has 22 heavy (non-hydrogen) atoms. The average Bonchev–Trinajstić information content (AvgIpc) is 2.51. The third-order valence-corrected chi connectivity index (χ3v) is 2.98. The number of aliphatic carboxylic acids is 2. The van der Waals surface area contributed by atoms with Crippen molar-refractivity contribution in [3.05, 3.63) is 71.8 Å². The van der Waals surface area contributed by atoms with E-state index in [1.807, 2.05) is 36.4 Å². The highest BCUT2D eigenvalue weighted by Gasteiger charge is 2.04. The summed E-state index contributed by atoms with van der Waals surface area (Å²) in [7, 11) is 0. The van der Waals surface area contributed by atoms with E-state index in [0.29, 0.717) is 11.1 Å². The van der Waals surface area contributed by atoms with Gasteiger partial charge in [-0.1, -0.05) is 42.5 Å². The molecule has 0 atom stereocenters. The Balaban J connectivity index is 2.49. The summed E-state index contributed by atoms with van der Waals surface area (Å²) >= 11 is 0. The Morgan fingerprint density at radius 3 is 2.09 bits per heavy atom. The molecule has 0 bridgehead atoms. The summed E-state index contributed by atoms with van der Waals surface area (Å²) in [6.45, 7) is 0. The second-order valence-electron chi connectivity index (χ2n) is 4.56.